The van der Waals surface area contributed by atoms with Gasteiger partial charge < -0.3 is 10.5 Å². The number of ether oxygens (including phenoxy) is 1. The molecule has 1 amide bonds. The largest absolute Gasteiger partial charge is 0.494 e. The summed E-state index contributed by atoms with van der Waals surface area (Å²) < 4.78 is 5.20. The number of nitrogens with zero attached hydrogens (tertiary/aromatic N) is 4. The quantitative estimate of drug-likeness (QED) is 0.499. The van der Waals surface area contributed by atoms with E-state index in [4.69, 9.17) is 15.9 Å². The Labute approximate surface area is 121 Å². The van der Waals surface area contributed by atoms with Gasteiger partial charge in [-0.05, 0) is 31.5 Å². The SMILES string of the molecule is COc1ccc(C)cc1N=N[C@H]1C(=O)N(C(=N)N)N=C1C. The van der Waals surface area contributed by atoms with Crippen LogP contribution in [0.25, 0.3) is 0 Å². The summed E-state index contributed by atoms with van der Waals surface area (Å²) in [7, 11) is 1.54. The van der Waals surface area contributed by atoms with E-state index >= 15 is 0 Å². The van der Waals surface area contributed by atoms with E-state index in [0.717, 1.165) is 10.6 Å². The Morgan fingerprint density at radius 1 is 1.48 bits per heavy atom. The average Bonchev–Trinajstić information content (AvgIpc) is 2.72. The predicted octanol–water partition coefficient (Wildman–Crippen LogP) is 1.57. The highest BCUT2D eigenvalue weighted by molar-refractivity contribution is 6.15. The van der Waals surface area contributed by atoms with Gasteiger partial charge in [0, 0.05) is 0 Å². The number of carbonyl (C=O) groups is 1. The van der Waals surface area contributed by atoms with Gasteiger partial charge >= 0.3 is 0 Å². The zero-order valence-corrected chi connectivity index (χ0v) is 12.0. The zero-order chi connectivity index (χ0) is 15.6. The third-order valence-electron chi connectivity index (χ3n) is 2.94. The molecule has 0 aliphatic carbocycles. The van der Waals surface area contributed by atoms with Crippen molar-refractivity contribution in [3.05, 3.63) is 23.8 Å². The number of azo groups is 1. The minimum atomic E-state index is -0.862. The number of methoxy groups -OCH3 is 1. The normalized spacial score (nSPS) is 18.2. The number of nitrogens with two attached hydrogens (primary N) is 1. The number of nitrogens with one attached hydrogen (secondary N) is 1. The van der Waals surface area contributed by atoms with Crippen LogP contribution in [0, 0.1) is 12.3 Å². The van der Waals surface area contributed by atoms with Gasteiger partial charge in [-0.2, -0.15) is 20.3 Å². The van der Waals surface area contributed by atoms with Gasteiger partial charge in [-0.25, -0.2) is 0 Å². The molecule has 1 heterocycles. The summed E-state index contributed by atoms with van der Waals surface area (Å²) in [6, 6.07) is 4.61. The molecule has 0 saturated heterocycles. The van der Waals surface area contributed by atoms with Gasteiger partial charge in [-0.15, -0.1) is 0 Å². The molecule has 0 aromatic heterocycles. The lowest BCUT2D eigenvalue weighted by Gasteiger charge is -2.09. The highest BCUT2D eigenvalue weighted by Gasteiger charge is 2.35. The van der Waals surface area contributed by atoms with E-state index in [1.165, 1.54) is 7.11 Å². The Morgan fingerprint density at radius 2 is 2.19 bits per heavy atom. The molecule has 3 N–H and O–H groups in total. The summed E-state index contributed by atoms with van der Waals surface area (Å²) in [4.78, 5) is 12.0. The zero-order valence-electron chi connectivity index (χ0n) is 12.0. The molecule has 0 radical (unpaired) electrons. The molecule has 1 atom stereocenters. The maximum atomic E-state index is 12.0. The van der Waals surface area contributed by atoms with Crippen molar-refractivity contribution in [2.24, 2.45) is 21.1 Å². The van der Waals surface area contributed by atoms with Crippen molar-refractivity contribution in [1.29, 1.82) is 5.41 Å². The Hall–Kier alpha value is -2.77. The highest BCUT2D eigenvalue weighted by atomic mass is 16.5. The molecule has 1 aromatic rings. The fourth-order valence-corrected chi connectivity index (χ4v) is 1.86. The summed E-state index contributed by atoms with van der Waals surface area (Å²) >= 11 is 0. The van der Waals surface area contributed by atoms with Gasteiger partial charge in [0.25, 0.3) is 5.91 Å². The van der Waals surface area contributed by atoms with Gasteiger partial charge in [0.15, 0.2) is 6.04 Å². The highest BCUT2D eigenvalue weighted by Crippen LogP contribution is 2.29. The number of hydrazone groups is 1. The van der Waals surface area contributed by atoms with Crippen molar-refractivity contribution < 1.29 is 9.53 Å². The first kappa shape index (κ1) is 14.6. The van der Waals surface area contributed by atoms with E-state index in [-0.39, 0.29) is 0 Å². The Balaban J connectivity index is 2.26. The lowest BCUT2D eigenvalue weighted by atomic mass is 10.2. The number of amides is 1. The topological polar surface area (TPSA) is 116 Å². The first-order valence-corrected chi connectivity index (χ1v) is 6.22. The molecule has 0 spiro atoms. The fourth-order valence-electron chi connectivity index (χ4n) is 1.86. The van der Waals surface area contributed by atoms with Crippen molar-refractivity contribution in [3.63, 3.8) is 0 Å². The predicted molar refractivity (Wildman–Crippen MR) is 77.9 cm³/mol. The van der Waals surface area contributed by atoms with E-state index in [2.05, 4.69) is 15.3 Å². The first-order chi connectivity index (χ1) is 9.93. The van der Waals surface area contributed by atoms with Crippen molar-refractivity contribution >= 4 is 23.3 Å². The van der Waals surface area contributed by atoms with E-state index in [0.29, 0.717) is 17.1 Å². The van der Waals surface area contributed by atoms with Crippen molar-refractivity contribution in [2.45, 2.75) is 19.9 Å². The van der Waals surface area contributed by atoms with Crippen LogP contribution >= 0.6 is 0 Å². The van der Waals surface area contributed by atoms with Gasteiger partial charge in [0.2, 0.25) is 5.96 Å². The minimum Gasteiger partial charge on any atom is -0.494 e. The lowest BCUT2D eigenvalue weighted by molar-refractivity contribution is -0.126. The number of aryl methyl sites for hydroxylation is 1. The molecule has 110 valence electrons. The smallest absolute Gasteiger partial charge is 0.282 e. The van der Waals surface area contributed by atoms with E-state index in [1.807, 2.05) is 13.0 Å². The van der Waals surface area contributed by atoms with Crippen molar-refractivity contribution in [2.75, 3.05) is 7.11 Å². The summed E-state index contributed by atoms with van der Waals surface area (Å²) in [6.45, 7) is 3.56. The lowest BCUT2D eigenvalue weighted by Crippen LogP contribution is -2.38. The number of hydrogen-bond donors (Lipinski definition) is 2. The molecule has 2 rings (SSSR count). The molecule has 8 heteroatoms. The summed E-state index contributed by atoms with van der Waals surface area (Å²) in [5, 5.41) is 20.1. The van der Waals surface area contributed by atoms with Crippen LogP contribution in [-0.4, -0.2) is 35.7 Å². The average molecular weight is 288 g/mol. The number of hydrogen-bond acceptors (Lipinski definition) is 6. The third kappa shape index (κ3) is 2.88. The number of benzene rings is 1. The second-order valence-electron chi connectivity index (χ2n) is 4.57. The maximum absolute atomic E-state index is 12.0. The van der Waals surface area contributed by atoms with Crippen LogP contribution in [0.15, 0.2) is 33.5 Å². The van der Waals surface area contributed by atoms with Gasteiger partial charge in [0.05, 0.1) is 12.8 Å². The molecule has 1 aromatic carbocycles. The van der Waals surface area contributed by atoms with Gasteiger partial charge in [-0.3, -0.25) is 10.2 Å². The molecule has 8 nitrogen and oxygen atoms in total. The van der Waals surface area contributed by atoms with E-state index in [9.17, 15) is 4.79 Å². The Kier molecular flexibility index (Phi) is 3.97. The van der Waals surface area contributed by atoms with E-state index in [1.54, 1.807) is 19.1 Å². The molecule has 21 heavy (non-hydrogen) atoms. The molecule has 0 unspecified atom stereocenters. The van der Waals surface area contributed by atoms with Crippen LogP contribution in [0.5, 0.6) is 5.75 Å². The summed E-state index contributed by atoms with van der Waals surface area (Å²) in [5.74, 6) is -0.367. The molecule has 0 fully saturated rings. The number of rotatable bonds is 3. The minimum absolute atomic E-state index is 0.436. The van der Waals surface area contributed by atoms with Gasteiger partial charge in [-0.1, -0.05) is 6.07 Å². The Bertz CT molecular complexity index is 652. The molecule has 0 bridgehead atoms. The monoisotopic (exact) mass is 288 g/mol. The summed E-state index contributed by atoms with van der Waals surface area (Å²) in [6.07, 6.45) is 0. The van der Waals surface area contributed by atoms with Gasteiger partial charge in [0.1, 0.15) is 11.4 Å². The number of guanidine groups is 1. The molecule has 1 aliphatic heterocycles. The molecule has 0 saturated carbocycles. The first-order valence-electron chi connectivity index (χ1n) is 6.22. The van der Waals surface area contributed by atoms with Crippen LogP contribution in [0.2, 0.25) is 0 Å². The van der Waals surface area contributed by atoms with Crippen LogP contribution in [-0.2, 0) is 4.79 Å². The van der Waals surface area contributed by atoms with Crippen LogP contribution in [0.4, 0.5) is 5.69 Å². The van der Waals surface area contributed by atoms with Crippen LogP contribution < -0.4 is 10.5 Å². The molecular formula is C13H16N6O2. The van der Waals surface area contributed by atoms with Crippen molar-refractivity contribution in [1.82, 2.24) is 5.01 Å². The Morgan fingerprint density at radius 3 is 2.76 bits per heavy atom. The molecule has 1 aliphatic rings. The number of carbonyl (C=O) groups excluding carboxylic acids is 1. The standard InChI is InChI=1S/C13H16N6O2/c1-7-4-5-10(21-3)9(6-7)16-17-11-8(2)18-19(12(11)20)13(14)15/h4-6,11H,1-3H3,(H3,14,15)/t11-/m1/s1. The summed E-state index contributed by atoms with van der Waals surface area (Å²) in [5.41, 5.74) is 7.24. The maximum Gasteiger partial charge on any atom is 0.282 e. The van der Waals surface area contributed by atoms with Crippen LogP contribution in [0.1, 0.15) is 12.5 Å². The van der Waals surface area contributed by atoms with Crippen molar-refractivity contribution in [3.8, 4) is 5.75 Å². The second-order valence-corrected chi connectivity index (χ2v) is 4.57. The fraction of sp³-hybridized carbons (Fsp3) is 0.308. The third-order valence-corrected chi connectivity index (χ3v) is 2.94. The van der Waals surface area contributed by atoms with E-state index < -0.39 is 17.9 Å². The van der Waals surface area contributed by atoms with Crippen LogP contribution in [0.3, 0.4) is 0 Å². The second kappa shape index (κ2) is 5.70. The molecular weight excluding hydrogens is 272 g/mol.